The van der Waals surface area contributed by atoms with Gasteiger partial charge in [0.05, 0.1) is 0 Å². The van der Waals surface area contributed by atoms with Crippen molar-refractivity contribution in [1.29, 1.82) is 0 Å². The van der Waals surface area contributed by atoms with Gasteiger partial charge in [0, 0.05) is 9.17 Å². The maximum Gasteiger partial charge on any atom is 0.0356 e. The quantitative estimate of drug-likeness (QED) is 0.640. The molecule has 0 spiro atoms. The Labute approximate surface area is 78.0 Å². The first-order valence-corrected chi connectivity index (χ1v) is 4.93. The monoisotopic (exact) mass is 225 g/mol. The Morgan fingerprint density at radius 3 is 3.00 bits per heavy atom. The Morgan fingerprint density at radius 1 is 1.36 bits per heavy atom. The zero-order chi connectivity index (χ0) is 7.84. The van der Waals surface area contributed by atoms with Crippen molar-refractivity contribution in [2.24, 2.45) is 0 Å². The van der Waals surface area contributed by atoms with Gasteiger partial charge in [-0.2, -0.15) is 0 Å². The highest BCUT2D eigenvalue weighted by Gasteiger charge is 1.98. The van der Waals surface area contributed by atoms with E-state index >= 15 is 0 Å². The predicted molar refractivity (Wildman–Crippen MR) is 54.0 cm³/mol. The predicted octanol–water partition coefficient (Wildman–Crippen LogP) is 3.85. The van der Waals surface area contributed by atoms with Gasteiger partial charge in [-0.3, -0.25) is 0 Å². The molecule has 0 N–H and O–H groups in total. The van der Waals surface area contributed by atoms with Crippen LogP contribution in [0.3, 0.4) is 0 Å². The van der Waals surface area contributed by atoms with Crippen molar-refractivity contribution in [3.63, 3.8) is 0 Å². The van der Waals surface area contributed by atoms with Crippen LogP contribution in [-0.2, 0) is 0 Å². The third-order valence-electron chi connectivity index (χ3n) is 1.62. The molecule has 1 aromatic carbocycles. The molecule has 11 heavy (non-hydrogen) atoms. The van der Waals surface area contributed by atoms with Gasteiger partial charge in [-0.15, -0.1) is 11.3 Å². The number of thiophene rings is 1. The van der Waals surface area contributed by atoms with Crippen molar-refractivity contribution >= 4 is 37.4 Å². The average molecular weight is 226 g/mol. The summed E-state index contributed by atoms with van der Waals surface area (Å²) in [6.07, 6.45) is 0. The van der Waals surface area contributed by atoms with Gasteiger partial charge in [-0.1, -0.05) is 22.0 Å². The maximum absolute atomic E-state index is 3.93. The summed E-state index contributed by atoms with van der Waals surface area (Å²) in [5.74, 6) is 0. The lowest BCUT2D eigenvalue weighted by molar-refractivity contribution is 1.74. The number of rotatable bonds is 0. The lowest BCUT2D eigenvalue weighted by Gasteiger charge is -1.91. The minimum Gasteiger partial charge on any atom is -0.143 e. The molecule has 0 fully saturated rings. The average Bonchev–Trinajstić information content (AvgIpc) is 2.32. The van der Waals surface area contributed by atoms with Crippen LogP contribution >= 0.6 is 27.3 Å². The molecular weight excluding hydrogens is 220 g/mol. The standard InChI is InChI=1S/C9H6BrS/c1-6-5-11-9-4-7(10)2-3-8(6)9/h2-5H,1H2. The second-order valence-corrected chi connectivity index (χ2v) is 4.23. The van der Waals surface area contributed by atoms with E-state index in [4.69, 9.17) is 0 Å². The Kier molecular flexibility index (Phi) is 1.74. The summed E-state index contributed by atoms with van der Waals surface area (Å²) in [6.45, 7) is 3.93. The minimum atomic E-state index is 1.12. The zero-order valence-electron chi connectivity index (χ0n) is 5.80. The molecule has 55 valence electrons. The first-order chi connectivity index (χ1) is 5.27. The van der Waals surface area contributed by atoms with Gasteiger partial charge in [0.1, 0.15) is 0 Å². The number of fused-ring (bicyclic) bond motifs is 1. The number of halogens is 1. The van der Waals surface area contributed by atoms with Gasteiger partial charge in [-0.05, 0) is 35.4 Å². The van der Waals surface area contributed by atoms with E-state index in [0.717, 1.165) is 10.0 Å². The Bertz CT molecular complexity index is 389. The van der Waals surface area contributed by atoms with Gasteiger partial charge in [0.2, 0.25) is 0 Å². The highest BCUT2D eigenvalue weighted by molar-refractivity contribution is 9.10. The minimum absolute atomic E-state index is 1.12. The van der Waals surface area contributed by atoms with Crippen LogP contribution < -0.4 is 0 Å². The molecule has 0 aliphatic rings. The molecule has 2 rings (SSSR count). The Hall–Kier alpha value is -0.340. The molecule has 1 aromatic heterocycles. The molecule has 0 aliphatic heterocycles. The molecule has 2 aromatic rings. The molecule has 0 saturated carbocycles. The van der Waals surface area contributed by atoms with Gasteiger partial charge < -0.3 is 0 Å². The summed E-state index contributed by atoms with van der Waals surface area (Å²) in [7, 11) is 0. The van der Waals surface area contributed by atoms with Crippen LogP contribution in [0, 0.1) is 6.92 Å². The van der Waals surface area contributed by atoms with Crippen LogP contribution in [-0.4, -0.2) is 0 Å². The summed E-state index contributed by atoms with van der Waals surface area (Å²) in [5.41, 5.74) is 1.12. The zero-order valence-corrected chi connectivity index (χ0v) is 8.21. The van der Waals surface area contributed by atoms with E-state index in [0.29, 0.717) is 0 Å². The van der Waals surface area contributed by atoms with Crippen LogP contribution in [0.2, 0.25) is 0 Å². The topological polar surface area (TPSA) is 0 Å². The van der Waals surface area contributed by atoms with Gasteiger partial charge in [0.25, 0.3) is 0 Å². The first kappa shape index (κ1) is 7.32. The number of hydrogen-bond donors (Lipinski definition) is 0. The summed E-state index contributed by atoms with van der Waals surface area (Å²) in [6, 6.07) is 6.26. The molecule has 1 radical (unpaired) electrons. The molecule has 0 bridgehead atoms. The van der Waals surface area contributed by atoms with Crippen LogP contribution in [0.5, 0.6) is 0 Å². The molecule has 2 heteroatoms. The van der Waals surface area contributed by atoms with E-state index in [1.807, 2.05) is 6.07 Å². The third-order valence-corrected chi connectivity index (χ3v) is 3.11. The molecule has 0 atom stereocenters. The molecule has 0 nitrogen and oxygen atoms in total. The molecule has 0 amide bonds. The van der Waals surface area contributed by atoms with Gasteiger partial charge in [0.15, 0.2) is 0 Å². The van der Waals surface area contributed by atoms with Crippen molar-refractivity contribution in [2.75, 3.05) is 0 Å². The number of benzene rings is 1. The highest BCUT2D eigenvalue weighted by atomic mass is 79.9. The fourth-order valence-corrected chi connectivity index (χ4v) is 2.49. The van der Waals surface area contributed by atoms with E-state index in [1.54, 1.807) is 11.3 Å². The fourth-order valence-electron chi connectivity index (χ4n) is 1.06. The first-order valence-electron chi connectivity index (χ1n) is 3.26. The van der Waals surface area contributed by atoms with Crippen molar-refractivity contribution in [2.45, 2.75) is 0 Å². The Balaban J connectivity index is 2.86. The smallest absolute Gasteiger partial charge is 0.0356 e. The maximum atomic E-state index is 3.93. The van der Waals surface area contributed by atoms with Crippen molar-refractivity contribution in [1.82, 2.24) is 0 Å². The van der Waals surface area contributed by atoms with Crippen molar-refractivity contribution in [3.8, 4) is 0 Å². The summed E-state index contributed by atoms with van der Waals surface area (Å²) in [4.78, 5) is 0. The second kappa shape index (κ2) is 2.61. The highest BCUT2D eigenvalue weighted by Crippen LogP contribution is 2.27. The second-order valence-electron chi connectivity index (χ2n) is 2.40. The van der Waals surface area contributed by atoms with E-state index in [2.05, 4.69) is 40.4 Å². The SMILES string of the molecule is [CH2]c1csc2cc(Br)ccc12. The Morgan fingerprint density at radius 2 is 2.18 bits per heavy atom. The van der Waals surface area contributed by atoms with Crippen LogP contribution in [0.1, 0.15) is 5.56 Å². The fraction of sp³-hybridized carbons (Fsp3) is 0. The van der Waals surface area contributed by atoms with Crippen LogP contribution in [0.25, 0.3) is 10.1 Å². The van der Waals surface area contributed by atoms with Crippen molar-refractivity contribution in [3.05, 3.63) is 40.5 Å². The molecule has 0 aliphatic carbocycles. The normalized spacial score (nSPS) is 10.7. The van der Waals surface area contributed by atoms with Crippen molar-refractivity contribution < 1.29 is 0 Å². The van der Waals surface area contributed by atoms with E-state index in [9.17, 15) is 0 Å². The molecule has 0 unspecified atom stereocenters. The molecule has 1 heterocycles. The van der Waals surface area contributed by atoms with E-state index in [1.165, 1.54) is 10.1 Å². The van der Waals surface area contributed by atoms with Crippen LogP contribution in [0.15, 0.2) is 28.1 Å². The molecular formula is C9H6BrS. The van der Waals surface area contributed by atoms with Gasteiger partial charge >= 0.3 is 0 Å². The van der Waals surface area contributed by atoms with Gasteiger partial charge in [-0.25, -0.2) is 0 Å². The summed E-state index contributed by atoms with van der Waals surface area (Å²) < 4.78 is 2.43. The van der Waals surface area contributed by atoms with E-state index in [-0.39, 0.29) is 0 Å². The van der Waals surface area contributed by atoms with Crippen LogP contribution in [0.4, 0.5) is 0 Å². The summed E-state index contributed by atoms with van der Waals surface area (Å²) >= 11 is 5.16. The third kappa shape index (κ3) is 1.21. The molecule has 0 saturated heterocycles. The largest absolute Gasteiger partial charge is 0.143 e. The lowest BCUT2D eigenvalue weighted by Crippen LogP contribution is -1.66. The lowest BCUT2D eigenvalue weighted by atomic mass is 10.2. The summed E-state index contributed by atoms with van der Waals surface area (Å²) in [5, 5.41) is 3.34. The van der Waals surface area contributed by atoms with E-state index < -0.39 is 0 Å². The number of hydrogen-bond acceptors (Lipinski definition) is 1.